The molecule has 0 aromatic heterocycles. The summed E-state index contributed by atoms with van der Waals surface area (Å²) in [5.41, 5.74) is 4.96. The van der Waals surface area contributed by atoms with Gasteiger partial charge in [0.1, 0.15) is 12.4 Å². The van der Waals surface area contributed by atoms with E-state index in [2.05, 4.69) is 63.2 Å². The minimum absolute atomic E-state index is 0.628. The van der Waals surface area contributed by atoms with E-state index in [9.17, 15) is 0 Å². The molecule has 0 aliphatic carbocycles. The Kier molecular flexibility index (Phi) is 3.48. The van der Waals surface area contributed by atoms with Crippen LogP contribution in [0.2, 0.25) is 0 Å². The van der Waals surface area contributed by atoms with Crippen molar-refractivity contribution in [3.8, 4) is 5.75 Å². The molecule has 0 aliphatic heterocycles. The van der Waals surface area contributed by atoms with Gasteiger partial charge in [0.15, 0.2) is 0 Å². The number of rotatable bonds is 3. The Bertz CT molecular complexity index is 477. The van der Waals surface area contributed by atoms with Gasteiger partial charge in [0.2, 0.25) is 0 Å². The summed E-state index contributed by atoms with van der Waals surface area (Å²) in [4.78, 5) is 0. The maximum absolute atomic E-state index is 5.79. The topological polar surface area (TPSA) is 9.23 Å². The van der Waals surface area contributed by atoms with Crippen LogP contribution in [-0.2, 0) is 6.61 Å². The predicted octanol–water partition coefficient (Wildman–Crippen LogP) is 4.19. The lowest BCUT2D eigenvalue weighted by Gasteiger charge is -2.08. The van der Waals surface area contributed by atoms with Gasteiger partial charge >= 0.3 is 0 Å². The van der Waals surface area contributed by atoms with Crippen LogP contribution in [0.5, 0.6) is 5.75 Å². The summed E-state index contributed by atoms with van der Waals surface area (Å²) in [5.74, 6) is 0.947. The largest absolute Gasteiger partial charge is 0.489 e. The second-order valence-electron chi connectivity index (χ2n) is 4.60. The lowest BCUT2D eigenvalue weighted by Crippen LogP contribution is -1.96. The number of aryl methyl sites for hydroxylation is 3. The van der Waals surface area contributed by atoms with E-state index < -0.39 is 0 Å². The Balaban J connectivity index is 2.04. The summed E-state index contributed by atoms with van der Waals surface area (Å²) >= 11 is 0. The average molecular weight is 226 g/mol. The van der Waals surface area contributed by atoms with Crippen LogP contribution in [0.15, 0.2) is 42.5 Å². The van der Waals surface area contributed by atoms with Crippen molar-refractivity contribution in [1.29, 1.82) is 0 Å². The number of benzene rings is 2. The molecule has 17 heavy (non-hydrogen) atoms. The first-order valence-electron chi connectivity index (χ1n) is 5.90. The van der Waals surface area contributed by atoms with Gasteiger partial charge in [-0.15, -0.1) is 0 Å². The van der Waals surface area contributed by atoms with Crippen LogP contribution in [0.25, 0.3) is 0 Å². The molecule has 0 saturated carbocycles. The molecule has 2 aromatic rings. The lowest BCUT2D eigenvalue weighted by atomic mass is 10.1. The maximum Gasteiger partial charge on any atom is 0.120 e. The van der Waals surface area contributed by atoms with Crippen LogP contribution in [0, 0.1) is 20.8 Å². The zero-order chi connectivity index (χ0) is 12.3. The average Bonchev–Trinajstić information content (AvgIpc) is 2.27. The summed E-state index contributed by atoms with van der Waals surface area (Å²) < 4.78 is 5.79. The summed E-state index contributed by atoms with van der Waals surface area (Å²) in [5, 5.41) is 0. The molecule has 2 aromatic carbocycles. The third-order valence-electron chi connectivity index (χ3n) is 2.72. The van der Waals surface area contributed by atoms with E-state index in [1.807, 2.05) is 0 Å². The Morgan fingerprint density at radius 2 is 1.35 bits per heavy atom. The molecular formula is C16H18O. The van der Waals surface area contributed by atoms with E-state index in [0.29, 0.717) is 6.61 Å². The van der Waals surface area contributed by atoms with E-state index in [-0.39, 0.29) is 0 Å². The Morgan fingerprint density at radius 1 is 0.765 bits per heavy atom. The first kappa shape index (κ1) is 11.7. The molecule has 1 nitrogen and oxygen atoms in total. The second-order valence-corrected chi connectivity index (χ2v) is 4.60. The van der Waals surface area contributed by atoms with Crippen LogP contribution >= 0.6 is 0 Å². The van der Waals surface area contributed by atoms with Gasteiger partial charge in [0, 0.05) is 0 Å². The van der Waals surface area contributed by atoms with Gasteiger partial charge in [0.05, 0.1) is 0 Å². The van der Waals surface area contributed by atoms with Crippen LogP contribution in [-0.4, -0.2) is 0 Å². The van der Waals surface area contributed by atoms with Gasteiger partial charge in [-0.25, -0.2) is 0 Å². The maximum atomic E-state index is 5.79. The molecular weight excluding hydrogens is 208 g/mol. The van der Waals surface area contributed by atoms with Crippen molar-refractivity contribution in [2.24, 2.45) is 0 Å². The van der Waals surface area contributed by atoms with Crippen molar-refractivity contribution in [2.45, 2.75) is 27.4 Å². The second kappa shape index (κ2) is 5.05. The highest BCUT2D eigenvalue weighted by atomic mass is 16.5. The van der Waals surface area contributed by atoms with Gasteiger partial charge in [0.25, 0.3) is 0 Å². The lowest BCUT2D eigenvalue weighted by molar-refractivity contribution is 0.306. The molecule has 2 rings (SSSR count). The fourth-order valence-corrected chi connectivity index (χ4v) is 1.87. The quantitative estimate of drug-likeness (QED) is 0.762. The highest BCUT2D eigenvalue weighted by Crippen LogP contribution is 2.17. The first-order valence-corrected chi connectivity index (χ1v) is 5.90. The highest BCUT2D eigenvalue weighted by Gasteiger charge is 1.98. The Labute approximate surface area is 103 Å². The molecule has 0 spiro atoms. The third-order valence-corrected chi connectivity index (χ3v) is 2.72. The standard InChI is InChI=1S/C16H18O/c1-12-4-6-15(7-5-12)11-17-16-9-13(2)8-14(3)10-16/h4-10H,11H2,1-3H3. The fraction of sp³-hybridized carbons (Fsp3) is 0.250. The molecule has 0 N–H and O–H groups in total. The monoisotopic (exact) mass is 226 g/mol. The van der Waals surface area contributed by atoms with Crippen LogP contribution < -0.4 is 4.74 Å². The van der Waals surface area contributed by atoms with Gasteiger partial charge in [-0.1, -0.05) is 35.9 Å². The third kappa shape index (κ3) is 3.35. The molecule has 88 valence electrons. The van der Waals surface area contributed by atoms with E-state index in [1.165, 1.54) is 22.3 Å². The van der Waals surface area contributed by atoms with E-state index >= 15 is 0 Å². The summed E-state index contributed by atoms with van der Waals surface area (Å²) in [7, 11) is 0. The van der Waals surface area contributed by atoms with E-state index in [1.54, 1.807) is 0 Å². The van der Waals surface area contributed by atoms with Crippen molar-refractivity contribution < 1.29 is 4.74 Å². The molecule has 0 atom stereocenters. The van der Waals surface area contributed by atoms with Gasteiger partial charge in [-0.05, 0) is 49.6 Å². The van der Waals surface area contributed by atoms with Gasteiger partial charge in [-0.3, -0.25) is 0 Å². The van der Waals surface area contributed by atoms with Gasteiger partial charge < -0.3 is 4.74 Å². The molecule has 0 unspecified atom stereocenters. The van der Waals surface area contributed by atoms with Gasteiger partial charge in [-0.2, -0.15) is 0 Å². The molecule has 0 amide bonds. The highest BCUT2D eigenvalue weighted by molar-refractivity contribution is 5.33. The number of hydrogen-bond acceptors (Lipinski definition) is 1. The van der Waals surface area contributed by atoms with Crippen LogP contribution in [0.1, 0.15) is 22.3 Å². The molecule has 0 heterocycles. The molecule has 0 aliphatic rings. The molecule has 1 heteroatoms. The van der Waals surface area contributed by atoms with Crippen molar-refractivity contribution in [3.05, 3.63) is 64.7 Å². The minimum Gasteiger partial charge on any atom is -0.489 e. The Morgan fingerprint density at radius 3 is 1.94 bits per heavy atom. The normalized spacial score (nSPS) is 10.3. The zero-order valence-corrected chi connectivity index (χ0v) is 10.7. The minimum atomic E-state index is 0.628. The van der Waals surface area contributed by atoms with Crippen molar-refractivity contribution in [1.82, 2.24) is 0 Å². The smallest absolute Gasteiger partial charge is 0.120 e. The molecule has 0 saturated heterocycles. The fourth-order valence-electron chi connectivity index (χ4n) is 1.87. The van der Waals surface area contributed by atoms with Crippen LogP contribution in [0.4, 0.5) is 0 Å². The molecule has 0 fully saturated rings. The van der Waals surface area contributed by atoms with Crippen molar-refractivity contribution in [3.63, 3.8) is 0 Å². The van der Waals surface area contributed by atoms with E-state index in [4.69, 9.17) is 4.74 Å². The predicted molar refractivity (Wildman–Crippen MR) is 71.4 cm³/mol. The summed E-state index contributed by atoms with van der Waals surface area (Å²) in [6.45, 7) is 6.90. The molecule has 0 radical (unpaired) electrons. The summed E-state index contributed by atoms with van der Waals surface area (Å²) in [6, 6.07) is 14.7. The van der Waals surface area contributed by atoms with Crippen molar-refractivity contribution >= 4 is 0 Å². The number of ether oxygens (including phenoxy) is 1. The molecule has 0 bridgehead atoms. The van der Waals surface area contributed by atoms with Crippen LogP contribution in [0.3, 0.4) is 0 Å². The summed E-state index contributed by atoms with van der Waals surface area (Å²) in [6.07, 6.45) is 0. The SMILES string of the molecule is Cc1ccc(COc2cc(C)cc(C)c2)cc1. The first-order chi connectivity index (χ1) is 8.13. The van der Waals surface area contributed by atoms with Crippen molar-refractivity contribution in [2.75, 3.05) is 0 Å². The van der Waals surface area contributed by atoms with E-state index in [0.717, 1.165) is 5.75 Å². The zero-order valence-electron chi connectivity index (χ0n) is 10.7. The Hall–Kier alpha value is -1.76. The number of hydrogen-bond donors (Lipinski definition) is 0.